The van der Waals surface area contributed by atoms with Gasteiger partial charge in [-0.2, -0.15) is 0 Å². The molecule has 1 heterocycles. The quantitative estimate of drug-likeness (QED) is 0.827. The number of rotatable bonds is 5. The van der Waals surface area contributed by atoms with Crippen LogP contribution in [0.1, 0.15) is 44.6 Å². The molecule has 3 heteroatoms. The van der Waals surface area contributed by atoms with Crippen molar-refractivity contribution in [1.29, 1.82) is 0 Å². The molecule has 1 fully saturated rings. The van der Waals surface area contributed by atoms with Gasteiger partial charge in [0.05, 0.1) is 0 Å². The van der Waals surface area contributed by atoms with Crippen molar-refractivity contribution in [1.82, 2.24) is 9.97 Å². The highest BCUT2D eigenvalue weighted by Crippen LogP contribution is 2.33. The second-order valence-corrected chi connectivity index (χ2v) is 4.87. The molecule has 0 spiro atoms. The molecule has 1 aromatic rings. The molecule has 0 radical (unpaired) electrons. The minimum Gasteiger partial charge on any atom is -0.367 e. The molecule has 0 saturated heterocycles. The molecule has 0 bridgehead atoms. The number of nitrogens with one attached hydrogen (secondary N) is 1. The summed E-state index contributed by atoms with van der Waals surface area (Å²) in [5.41, 5.74) is 1.12. The van der Waals surface area contributed by atoms with Gasteiger partial charge in [-0.15, -0.1) is 0 Å². The zero-order valence-electron chi connectivity index (χ0n) is 10.5. The monoisotopic (exact) mass is 219 g/mol. The number of nitrogens with zero attached hydrogens (tertiary/aromatic N) is 2. The molecule has 0 amide bonds. The van der Waals surface area contributed by atoms with Crippen LogP contribution < -0.4 is 5.32 Å². The maximum atomic E-state index is 4.43. The predicted molar refractivity (Wildman–Crippen MR) is 66.6 cm³/mol. The summed E-state index contributed by atoms with van der Waals surface area (Å²) in [5.74, 6) is 2.80. The van der Waals surface area contributed by atoms with Crippen molar-refractivity contribution in [2.24, 2.45) is 5.92 Å². The molecule has 1 atom stereocenters. The van der Waals surface area contributed by atoms with Crippen LogP contribution in [-0.4, -0.2) is 16.0 Å². The smallest absolute Gasteiger partial charge is 0.130 e. The summed E-state index contributed by atoms with van der Waals surface area (Å²) in [6.45, 7) is 6.32. The first-order chi connectivity index (χ1) is 7.67. The van der Waals surface area contributed by atoms with Gasteiger partial charge >= 0.3 is 0 Å². The molecular weight excluding hydrogens is 198 g/mol. The molecule has 1 N–H and O–H groups in total. The van der Waals surface area contributed by atoms with Crippen molar-refractivity contribution in [3.05, 3.63) is 17.6 Å². The Labute approximate surface area is 97.7 Å². The fraction of sp³-hybridized carbons (Fsp3) is 0.692. The fourth-order valence-corrected chi connectivity index (χ4v) is 2.05. The van der Waals surface area contributed by atoms with Gasteiger partial charge in [-0.3, -0.25) is 0 Å². The summed E-state index contributed by atoms with van der Waals surface area (Å²) in [5, 5.41) is 3.48. The summed E-state index contributed by atoms with van der Waals surface area (Å²) in [6, 6.07) is 2.59. The molecule has 1 aliphatic carbocycles. The Balaban J connectivity index is 1.98. The van der Waals surface area contributed by atoms with Gasteiger partial charge in [-0.05, 0) is 32.6 Å². The highest BCUT2D eigenvalue weighted by molar-refractivity contribution is 5.37. The van der Waals surface area contributed by atoms with Gasteiger partial charge in [-0.1, -0.05) is 19.8 Å². The number of aromatic nitrogens is 2. The fourth-order valence-electron chi connectivity index (χ4n) is 2.05. The molecule has 3 nitrogen and oxygen atoms in total. The number of aryl methyl sites for hydroxylation is 2. The Bertz CT molecular complexity index is 358. The van der Waals surface area contributed by atoms with Crippen LogP contribution in [0.2, 0.25) is 0 Å². The topological polar surface area (TPSA) is 37.8 Å². The van der Waals surface area contributed by atoms with E-state index in [1.807, 2.05) is 6.92 Å². The first-order valence-corrected chi connectivity index (χ1v) is 6.28. The van der Waals surface area contributed by atoms with Crippen LogP contribution in [0.3, 0.4) is 0 Å². The van der Waals surface area contributed by atoms with Gasteiger partial charge in [-0.25, -0.2) is 9.97 Å². The molecule has 1 aromatic heterocycles. The van der Waals surface area contributed by atoms with Crippen molar-refractivity contribution in [2.75, 3.05) is 5.32 Å². The molecule has 16 heavy (non-hydrogen) atoms. The Morgan fingerprint density at radius 1 is 1.44 bits per heavy atom. The Morgan fingerprint density at radius 2 is 2.19 bits per heavy atom. The number of hydrogen-bond acceptors (Lipinski definition) is 3. The van der Waals surface area contributed by atoms with E-state index in [0.29, 0.717) is 6.04 Å². The van der Waals surface area contributed by atoms with Gasteiger partial charge in [0, 0.05) is 17.8 Å². The third-order valence-corrected chi connectivity index (χ3v) is 3.03. The lowest BCUT2D eigenvalue weighted by Crippen LogP contribution is -2.17. The zero-order valence-corrected chi connectivity index (χ0v) is 10.5. The Hall–Kier alpha value is -1.12. The van der Waals surface area contributed by atoms with E-state index in [9.17, 15) is 0 Å². The van der Waals surface area contributed by atoms with Crippen LogP contribution >= 0.6 is 0 Å². The summed E-state index contributed by atoms with van der Waals surface area (Å²) in [7, 11) is 0. The molecule has 1 saturated carbocycles. The number of hydrogen-bond donors (Lipinski definition) is 1. The predicted octanol–water partition coefficient (Wildman–Crippen LogP) is 2.95. The minimum absolute atomic E-state index is 0.520. The van der Waals surface area contributed by atoms with Crippen molar-refractivity contribution < 1.29 is 0 Å². The van der Waals surface area contributed by atoms with Gasteiger partial charge in [0.2, 0.25) is 0 Å². The highest BCUT2D eigenvalue weighted by Gasteiger charge is 2.23. The molecule has 1 unspecified atom stereocenters. The molecule has 1 aliphatic rings. The minimum atomic E-state index is 0.520. The second kappa shape index (κ2) is 4.81. The second-order valence-electron chi connectivity index (χ2n) is 4.87. The molecule has 2 rings (SSSR count). The third kappa shape index (κ3) is 3.19. The van der Waals surface area contributed by atoms with Gasteiger partial charge in [0.15, 0.2) is 0 Å². The zero-order chi connectivity index (χ0) is 11.5. The van der Waals surface area contributed by atoms with Crippen molar-refractivity contribution >= 4 is 5.82 Å². The van der Waals surface area contributed by atoms with Gasteiger partial charge < -0.3 is 5.32 Å². The molecule has 0 aromatic carbocycles. The van der Waals surface area contributed by atoms with E-state index in [-0.39, 0.29) is 0 Å². The van der Waals surface area contributed by atoms with Crippen LogP contribution in [0, 0.1) is 12.8 Å². The third-order valence-electron chi connectivity index (χ3n) is 3.03. The Morgan fingerprint density at radius 3 is 2.81 bits per heavy atom. The van der Waals surface area contributed by atoms with Gasteiger partial charge in [0.25, 0.3) is 0 Å². The van der Waals surface area contributed by atoms with E-state index in [4.69, 9.17) is 0 Å². The SMILES string of the molecule is CCc1cc(NC(C)CC2CC2)nc(C)n1. The van der Waals surface area contributed by atoms with E-state index in [0.717, 1.165) is 29.7 Å². The maximum Gasteiger partial charge on any atom is 0.130 e. The van der Waals surface area contributed by atoms with Crippen LogP contribution in [0.15, 0.2) is 6.07 Å². The molecular formula is C13H21N3. The maximum absolute atomic E-state index is 4.43. The Kier molecular flexibility index (Phi) is 3.42. The first-order valence-electron chi connectivity index (χ1n) is 6.28. The first kappa shape index (κ1) is 11.4. The average molecular weight is 219 g/mol. The van der Waals surface area contributed by atoms with E-state index in [2.05, 4.69) is 35.2 Å². The van der Waals surface area contributed by atoms with Gasteiger partial charge in [0.1, 0.15) is 11.6 Å². The normalized spacial score (nSPS) is 17.2. The lowest BCUT2D eigenvalue weighted by molar-refractivity contribution is 0.639. The van der Waals surface area contributed by atoms with E-state index < -0.39 is 0 Å². The standard InChI is InChI=1S/C13H21N3/c1-4-12-8-13(16-10(3)15-12)14-9(2)7-11-5-6-11/h8-9,11H,4-7H2,1-3H3,(H,14,15,16). The summed E-state index contributed by atoms with van der Waals surface area (Å²) >= 11 is 0. The van der Waals surface area contributed by atoms with Crippen LogP contribution in [0.5, 0.6) is 0 Å². The highest BCUT2D eigenvalue weighted by atomic mass is 15.0. The van der Waals surface area contributed by atoms with E-state index in [1.54, 1.807) is 0 Å². The van der Waals surface area contributed by atoms with Crippen molar-refractivity contribution in [3.63, 3.8) is 0 Å². The van der Waals surface area contributed by atoms with Crippen LogP contribution in [0.25, 0.3) is 0 Å². The summed E-state index contributed by atoms with van der Waals surface area (Å²) < 4.78 is 0. The molecule has 88 valence electrons. The number of anilines is 1. The van der Waals surface area contributed by atoms with Crippen molar-refractivity contribution in [3.8, 4) is 0 Å². The molecule has 0 aliphatic heterocycles. The lowest BCUT2D eigenvalue weighted by Gasteiger charge is -2.14. The van der Waals surface area contributed by atoms with Crippen LogP contribution in [0.4, 0.5) is 5.82 Å². The van der Waals surface area contributed by atoms with E-state index >= 15 is 0 Å². The average Bonchev–Trinajstić information content (AvgIpc) is 3.00. The summed E-state index contributed by atoms with van der Waals surface area (Å²) in [6.07, 6.45) is 5.06. The lowest BCUT2D eigenvalue weighted by atomic mass is 10.1. The van der Waals surface area contributed by atoms with Crippen LogP contribution in [-0.2, 0) is 6.42 Å². The summed E-state index contributed by atoms with van der Waals surface area (Å²) in [4.78, 5) is 8.81. The largest absolute Gasteiger partial charge is 0.367 e. The van der Waals surface area contributed by atoms with E-state index in [1.165, 1.54) is 19.3 Å². The van der Waals surface area contributed by atoms with Crippen molar-refractivity contribution in [2.45, 2.75) is 52.5 Å².